The molecule has 3 unspecified atom stereocenters. The summed E-state index contributed by atoms with van der Waals surface area (Å²) in [5, 5.41) is 13.5. The highest BCUT2D eigenvalue weighted by molar-refractivity contribution is 5.30. The quantitative estimate of drug-likeness (QED) is 0.837. The largest absolute Gasteiger partial charge is 0.488 e. The summed E-state index contributed by atoms with van der Waals surface area (Å²) in [6.45, 7) is 5.36. The number of aliphatic hydroxyl groups is 1. The Kier molecular flexibility index (Phi) is 5.86. The maximum atomic E-state index is 9.99. The molecule has 1 aromatic carbocycles. The van der Waals surface area contributed by atoms with Crippen molar-refractivity contribution in [1.29, 1.82) is 0 Å². The van der Waals surface area contributed by atoms with E-state index < -0.39 is 0 Å². The number of rotatable bonds is 6. The fourth-order valence-corrected chi connectivity index (χ4v) is 2.73. The first-order valence-electron chi connectivity index (χ1n) is 7.88. The predicted octanol–water partition coefficient (Wildman–Crippen LogP) is 3.43. The normalized spacial score (nSPS) is 24.4. The summed E-state index contributed by atoms with van der Waals surface area (Å²) in [5.41, 5.74) is 1.24. The number of hydrogen-bond donors (Lipinski definition) is 2. The lowest BCUT2D eigenvalue weighted by molar-refractivity contribution is 0.00682. The van der Waals surface area contributed by atoms with E-state index in [1.165, 1.54) is 5.56 Å². The zero-order valence-corrected chi connectivity index (χ0v) is 12.6. The summed E-state index contributed by atoms with van der Waals surface area (Å²) in [7, 11) is 0. The van der Waals surface area contributed by atoms with Crippen LogP contribution in [0.1, 0.15) is 57.6 Å². The minimum absolute atomic E-state index is 0.0436. The Balaban J connectivity index is 1.98. The number of ether oxygens (including phenoxy) is 1. The Morgan fingerprint density at radius 2 is 2.15 bits per heavy atom. The van der Waals surface area contributed by atoms with Gasteiger partial charge in [0.15, 0.2) is 0 Å². The molecule has 1 aliphatic rings. The third-order valence-electron chi connectivity index (χ3n) is 4.01. The van der Waals surface area contributed by atoms with Gasteiger partial charge in [0.2, 0.25) is 0 Å². The van der Waals surface area contributed by atoms with E-state index in [0.29, 0.717) is 6.04 Å². The van der Waals surface area contributed by atoms with Crippen molar-refractivity contribution in [3.8, 4) is 5.75 Å². The van der Waals surface area contributed by atoms with Gasteiger partial charge in [-0.1, -0.05) is 25.5 Å². The van der Waals surface area contributed by atoms with Crippen LogP contribution in [0.25, 0.3) is 0 Å². The molecule has 2 rings (SSSR count). The van der Waals surface area contributed by atoms with Gasteiger partial charge in [0.25, 0.3) is 0 Å². The number of nitrogens with one attached hydrogen (secondary N) is 1. The third kappa shape index (κ3) is 4.22. The average molecular weight is 277 g/mol. The van der Waals surface area contributed by atoms with Crippen LogP contribution < -0.4 is 10.1 Å². The molecule has 3 atom stereocenters. The van der Waals surface area contributed by atoms with Crippen molar-refractivity contribution in [3.63, 3.8) is 0 Å². The first-order chi connectivity index (χ1) is 9.70. The summed E-state index contributed by atoms with van der Waals surface area (Å²) in [6.07, 6.45) is 4.85. The summed E-state index contributed by atoms with van der Waals surface area (Å²) in [5.74, 6) is 0.874. The van der Waals surface area contributed by atoms with Crippen LogP contribution >= 0.6 is 0 Å². The number of benzene rings is 1. The Labute approximate surface area is 122 Å². The van der Waals surface area contributed by atoms with E-state index in [-0.39, 0.29) is 12.2 Å². The van der Waals surface area contributed by atoms with Gasteiger partial charge in [-0.15, -0.1) is 0 Å². The Morgan fingerprint density at radius 3 is 2.90 bits per heavy atom. The highest BCUT2D eigenvalue weighted by Crippen LogP contribution is 2.25. The molecule has 3 heteroatoms. The molecule has 0 aromatic heterocycles. The molecule has 0 spiro atoms. The zero-order chi connectivity index (χ0) is 14.4. The molecule has 0 aliphatic heterocycles. The molecular weight excluding hydrogens is 250 g/mol. The van der Waals surface area contributed by atoms with Crippen LogP contribution in [-0.4, -0.2) is 23.9 Å². The first kappa shape index (κ1) is 15.3. The van der Waals surface area contributed by atoms with Crippen LogP contribution in [0, 0.1) is 0 Å². The zero-order valence-electron chi connectivity index (χ0n) is 12.6. The number of hydrogen-bond acceptors (Lipinski definition) is 3. The minimum atomic E-state index is -0.317. The molecule has 3 nitrogen and oxygen atoms in total. The van der Waals surface area contributed by atoms with Crippen LogP contribution in [0.15, 0.2) is 24.3 Å². The lowest BCUT2D eigenvalue weighted by Gasteiger charge is -2.28. The molecule has 0 heterocycles. The van der Waals surface area contributed by atoms with Gasteiger partial charge in [-0.25, -0.2) is 0 Å². The van der Waals surface area contributed by atoms with E-state index in [9.17, 15) is 5.11 Å². The molecule has 1 aliphatic carbocycles. The van der Waals surface area contributed by atoms with Crippen LogP contribution in [0.4, 0.5) is 0 Å². The molecule has 1 fully saturated rings. The maximum Gasteiger partial charge on any atom is 0.124 e. The van der Waals surface area contributed by atoms with Crippen LogP contribution in [0.2, 0.25) is 0 Å². The van der Waals surface area contributed by atoms with Gasteiger partial charge in [-0.2, -0.15) is 0 Å². The van der Waals surface area contributed by atoms with Crippen molar-refractivity contribution in [2.45, 2.75) is 64.2 Å². The molecule has 0 amide bonds. The SMILES string of the molecule is CCCNC(C)c1cccc(OC2CCCCC2O)c1. The van der Waals surface area contributed by atoms with Crippen LogP contribution in [0.3, 0.4) is 0 Å². The van der Waals surface area contributed by atoms with Gasteiger partial charge in [0.05, 0.1) is 6.10 Å². The van der Waals surface area contributed by atoms with Crippen molar-refractivity contribution in [2.24, 2.45) is 0 Å². The second kappa shape index (κ2) is 7.65. The molecule has 0 radical (unpaired) electrons. The summed E-state index contributed by atoms with van der Waals surface area (Å²) in [4.78, 5) is 0. The smallest absolute Gasteiger partial charge is 0.124 e. The Morgan fingerprint density at radius 1 is 1.35 bits per heavy atom. The fourth-order valence-electron chi connectivity index (χ4n) is 2.73. The molecule has 2 N–H and O–H groups in total. The first-order valence-corrected chi connectivity index (χ1v) is 7.88. The maximum absolute atomic E-state index is 9.99. The Bertz CT molecular complexity index is 408. The standard InChI is InChI=1S/C17H27NO2/c1-3-11-18-13(2)14-7-6-8-15(12-14)20-17-10-5-4-9-16(17)19/h6-8,12-13,16-19H,3-5,9-11H2,1-2H3. The molecule has 112 valence electrons. The van der Waals surface area contributed by atoms with E-state index in [1.807, 2.05) is 12.1 Å². The molecule has 0 bridgehead atoms. The van der Waals surface area contributed by atoms with E-state index in [2.05, 4.69) is 31.3 Å². The molecular formula is C17H27NO2. The molecule has 0 saturated heterocycles. The van der Waals surface area contributed by atoms with Gasteiger partial charge in [-0.05, 0) is 56.8 Å². The van der Waals surface area contributed by atoms with Gasteiger partial charge in [0, 0.05) is 6.04 Å². The van der Waals surface area contributed by atoms with Gasteiger partial charge in [0.1, 0.15) is 11.9 Å². The van der Waals surface area contributed by atoms with Crippen molar-refractivity contribution < 1.29 is 9.84 Å². The molecule has 20 heavy (non-hydrogen) atoms. The van der Waals surface area contributed by atoms with Crippen molar-refractivity contribution in [1.82, 2.24) is 5.32 Å². The fraction of sp³-hybridized carbons (Fsp3) is 0.647. The predicted molar refractivity (Wildman–Crippen MR) is 82.0 cm³/mol. The lowest BCUT2D eigenvalue weighted by atomic mass is 9.95. The van der Waals surface area contributed by atoms with E-state index >= 15 is 0 Å². The van der Waals surface area contributed by atoms with Gasteiger partial charge < -0.3 is 15.2 Å². The summed E-state index contributed by atoms with van der Waals surface area (Å²) >= 11 is 0. The van der Waals surface area contributed by atoms with Crippen LogP contribution in [0.5, 0.6) is 5.75 Å². The highest BCUT2D eigenvalue weighted by atomic mass is 16.5. The monoisotopic (exact) mass is 277 g/mol. The van der Waals surface area contributed by atoms with Crippen LogP contribution in [-0.2, 0) is 0 Å². The van der Waals surface area contributed by atoms with Crippen molar-refractivity contribution in [2.75, 3.05) is 6.54 Å². The second-order valence-corrected chi connectivity index (χ2v) is 5.76. The van der Waals surface area contributed by atoms with E-state index in [0.717, 1.165) is 44.4 Å². The second-order valence-electron chi connectivity index (χ2n) is 5.76. The number of aliphatic hydroxyl groups excluding tert-OH is 1. The molecule has 1 aromatic rings. The summed E-state index contributed by atoms with van der Waals surface area (Å²) in [6, 6.07) is 8.56. The minimum Gasteiger partial charge on any atom is -0.488 e. The van der Waals surface area contributed by atoms with E-state index in [1.54, 1.807) is 0 Å². The highest BCUT2D eigenvalue weighted by Gasteiger charge is 2.24. The van der Waals surface area contributed by atoms with E-state index in [4.69, 9.17) is 4.74 Å². The van der Waals surface area contributed by atoms with Gasteiger partial charge in [-0.3, -0.25) is 0 Å². The van der Waals surface area contributed by atoms with Crippen molar-refractivity contribution in [3.05, 3.63) is 29.8 Å². The third-order valence-corrected chi connectivity index (χ3v) is 4.01. The lowest BCUT2D eigenvalue weighted by Crippen LogP contribution is -2.34. The average Bonchev–Trinajstić information content (AvgIpc) is 2.47. The van der Waals surface area contributed by atoms with Crippen molar-refractivity contribution >= 4 is 0 Å². The van der Waals surface area contributed by atoms with Gasteiger partial charge >= 0.3 is 0 Å². The topological polar surface area (TPSA) is 41.5 Å². The molecule has 1 saturated carbocycles. The Hall–Kier alpha value is -1.06. The summed E-state index contributed by atoms with van der Waals surface area (Å²) < 4.78 is 5.99.